The first-order valence-electron chi connectivity index (χ1n) is 6.96. The molecule has 24 heavy (non-hydrogen) atoms. The Kier molecular flexibility index (Phi) is 5.61. The van der Waals surface area contributed by atoms with Gasteiger partial charge in [0.2, 0.25) is 0 Å². The van der Waals surface area contributed by atoms with E-state index in [0.29, 0.717) is 10.7 Å². The molecule has 0 aliphatic carbocycles. The Labute approximate surface area is 146 Å². The van der Waals surface area contributed by atoms with Gasteiger partial charge >= 0.3 is 0 Å². The molecule has 2 aromatic carbocycles. The van der Waals surface area contributed by atoms with E-state index in [1.165, 1.54) is 38.4 Å². The van der Waals surface area contributed by atoms with Crippen molar-refractivity contribution in [2.24, 2.45) is 0 Å². The van der Waals surface area contributed by atoms with E-state index in [4.69, 9.17) is 16.4 Å². The van der Waals surface area contributed by atoms with Crippen molar-refractivity contribution in [1.82, 2.24) is 4.47 Å². The van der Waals surface area contributed by atoms with Crippen LogP contribution in [0.4, 0.5) is 5.69 Å². The highest BCUT2D eigenvalue weighted by molar-refractivity contribution is 7.89. The minimum absolute atomic E-state index is 0.0349. The van der Waals surface area contributed by atoms with Crippen molar-refractivity contribution in [2.45, 2.75) is 11.8 Å². The van der Waals surface area contributed by atoms with Crippen LogP contribution < -0.4 is 5.32 Å². The number of sulfonamides is 1. The summed E-state index contributed by atoms with van der Waals surface area (Å²) in [5.74, 6) is -0.419. The highest BCUT2D eigenvalue weighted by atomic mass is 35.5. The van der Waals surface area contributed by atoms with Crippen molar-refractivity contribution in [3.63, 3.8) is 0 Å². The quantitative estimate of drug-likeness (QED) is 0.823. The van der Waals surface area contributed by atoms with Gasteiger partial charge in [-0.2, -0.15) is 0 Å². The van der Waals surface area contributed by atoms with Gasteiger partial charge in [-0.25, -0.2) is 8.42 Å². The van der Waals surface area contributed by atoms with Crippen LogP contribution in [0.15, 0.2) is 47.4 Å². The second kappa shape index (κ2) is 7.31. The Bertz CT molecular complexity index is 868. The molecule has 1 amide bonds. The molecule has 0 bridgehead atoms. The third kappa shape index (κ3) is 3.93. The summed E-state index contributed by atoms with van der Waals surface area (Å²) >= 11 is 5.89. The molecule has 0 saturated carbocycles. The van der Waals surface area contributed by atoms with Crippen LogP contribution in [0.3, 0.4) is 0 Å². The molecule has 0 aliphatic heterocycles. The summed E-state index contributed by atoms with van der Waals surface area (Å²) in [6.07, 6.45) is 0. The van der Waals surface area contributed by atoms with Crippen LogP contribution in [-0.4, -0.2) is 33.0 Å². The van der Waals surface area contributed by atoms with Gasteiger partial charge in [-0.3, -0.25) is 9.63 Å². The molecule has 0 aromatic heterocycles. The first kappa shape index (κ1) is 18.4. The monoisotopic (exact) mass is 368 g/mol. The average Bonchev–Trinajstić information content (AvgIpc) is 2.56. The predicted molar refractivity (Wildman–Crippen MR) is 92.5 cm³/mol. The topological polar surface area (TPSA) is 75.7 Å². The number of anilines is 1. The number of hydrogen-bond acceptors (Lipinski definition) is 4. The van der Waals surface area contributed by atoms with E-state index in [9.17, 15) is 13.2 Å². The number of hydrogen-bond donors (Lipinski definition) is 1. The van der Waals surface area contributed by atoms with Gasteiger partial charge in [-0.05, 0) is 48.9 Å². The second-order valence-corrected chi connectivity index (χ2v) is 7.41. The normalized spacial score (nSPS) is 11.5. The molecule has 0 saturated heterocycles. The fourth-order valence-corrected chi connectivity index (χ4v) is 3.25. The standard InChI is InChI=1S/C16H17ClN2O4S/c1-11-9-13(17)7-8-15(11)18-16(20)12-5-4-6-14(10-12)24(21,22)19(2)23-3/h4-10H,1-3H3,(H,18,20). The fourth-order valence-electron chi connectivity index (χ4n) is 2.01. The van der Waals surface area contributed by atoms with Crippen molar-refractivity contribution in [3.8, 4) is 0 Å². The lowest BCUT2D eigenvalue weighted by atomic mass is 10.1. The van der Waals surface area contributed by atoms with Crippen molar-refractivity contribution < 1.29 is 18.0 Å². The number of nitrogens with one attached hydrogen (secondary N) is 1. The Hall–Kier alpha value is -1.93. The van der Waals surface area contributed by atoms with Crippen LogP contribution in [0.2, 0.25) is 5.02 Å². The Morgan fingerprint density at radius 1 is 1.21 bits per heavy atom. The summed E-state index contributed by atoms with van der Waals surface area (Å²) < 4.78 is 25.2. The highest BCUT2D eigenvalue weighted by Gasteiger charge is 2.22. The SMILES string of the molecule is CON(C)S(=O)(=O)c1cccc(C(=O)Nc2ccc(Cl)cc2C)c1. The number of carbonyl (C=O) groups is 1. The molecule has 2 aromatic rings. The number of aryl methyl sites for hydroxylation is 1. The van der Waals surface area contributed by atoms with Gasteiger partial charge in [0.25, 0.3) is 15.9 Å². The molecule has 1 N–H and O–H groups in total. The lowest BCUT2D eigenvalue weighted by molar-refractivity contribution is -0.0258. The van der Waals surface area contributed by atoms with Gasteiger partial charge in [-0.1, -0.05) is 22.1 Å². The molecule has 0 aliphatic rings. The largest absolute Gasteiger partial charge is 0.322 e. The summed E-state index contributed by atoms with van der Waals surface area (Å²) in [6.45, 7) is 1.82. The number of nitrogens with zero attached hydrogens (tertiary/aromatic N) is 1. The predicted octanol–water partition coefficient (Wildman–Crippen LogP) is 3.08. The van der Waals surface area contributed by atoms with Crippen molar-refractivity contribution in [1.29, 1.82) is 0 Å². The van der Waals surface area contributed by atoms with E-state index in [0.717, 1.165) is 10.0 Å². The average molecular weight is 369 g/mol. The van der Waals surface area contributed by atoms with Crippen LogP contribution in [-0.2, 0) is 14.9 Å². The van der Waals surface area contributed by atoms with E-state index < -0.39 is 15.9 Å². The molecule has 0 spiro atoms. The zero-order chi connectivity index (χ0) is 17.9. The highest BCUT2D eigenvalue weighted by Crippen LogP contribution is 2.21. The Morgan fingerprint density at radius 2 is 1.92 bits per heavy atom. The molecule has 6 nitrogen and oxygen atoms in total. The van der Waals surface area contributed by atoms with E-state index in [1.54, 1.807) is 18.2 Å². The molecule has 0 atom stereocenters. The lowest BCUT2D eigenvalue weighted by Crippen LogP contribution is -2.26. The number of halogens is 1. The molecule has 0 heterocycles. The Balaban J connectivity index is 2.30. The van der Waals surface area contributed by atoms with Gasteiger partial charge in [0.05, 0.1) is 12.0 Å². The number of rotatable bonds is 5. The van der Waals surface area contributed by atoms with E-state index in [1.807, 2.05) is 6.92 Å². The summed E-state index contributed by atoms with van der Waals surface area (Å²) in [5, 5.41) is 3.31. The van der Waals surface area contributed by atoms with Gasteiger partial charge in [0, 0.05) is 23.3 Å². The van der Waals surface area contributed by atoms with Crippen molar-refractivity contribution in [3.05, 3.63) is 58.6 Å². The first-order valence-corrected chi connectivity index (χ1v) is 8.78. The molecular formula is C16H17ClN2O4S. The minimum atomic E-state index is -3.82. The summed E-state index contributed by atoms with van der Waals surface area (Å²) in [7, 11) is -1.29. The number of benzene rings is 2. The van der Waals surface area contributed by atoms with Gasteiger partial charge < -0.3 is 5.32 Å². The van der Waals surface area contributed by atoms with Crippen molar-refractivity contribution in [2.75, 3.05) is 19.5 Å². The molecule has 0 radical (unpaired) electrons. The maximum absolute atomic E-state index is 12.4. The van der Waals surface area contributed by atoms with Crippen LogP contribution in [0, 0.1) is 6.92 Å². The third-order valence-electron chi connectivity index (χ3n) is 3.43. The molecular weight excluding hydrogens is 352 g/mol. The first-order chi connectivity index (χ1) is 11.3. The molecule has 0 unspecified atom stereocenters. The number of carbonyl (C=O) groups excluding carboxylic acids is 1. The third-order valence-corrected chi connectivity index (χ3v) is 5.34. The van der Waals surface area contributed by atoms with Crippen LogP contribution in [0.1, 0.15) is 15.9 Å². The van der Waals surface area contributed by atoms with Gasteiger partial charge in [0.15, 0.2) is 0 Å². The summed E-state index contributed by atoms with van der Waals surface area (Å²) in [6, 6.07) is 10.8. The van der Waals surface area contributed by atoms with Crippen LogP contribution in [0.25, 0.3) is 0 Å². The lowest BCUT2D eigenvalue weighted by Gasteiger charge is -2.15. The maximum atomic E-state index is 12.4. The van der Waals surface area contributed by atoms with Crippen molar-refractivity contribution >= 4 is 33.2 Å². The number of hydroxylamine groups is 1. The number of amides is 1. The second-order valence-electron chi connectivity index (χ2n) is 5.04. The van der Waals surface area contributed by atoms with E-state index >= 15 is 0 Å². The van der Waals surface area contributed by atoms with Crippen LogP contribution in [0.5, 0.6) is 0 Å². The van der Waals surface area contributed by atoms with E-state index in [2.05, 4.69) is 5.32 Å². The molecule has 0 fully saturated rings. The fraction of sp³-hybridized carbons (Fsp3) is 0.188. The molecule has 128 valence electrons. The van der Waals surface area contributed by atoms with Gasteiger partial charge in [-0.15, -0.1) is 0 Å². The zero-order valence-electron chi connectivity index (χ0n) is 13.4. The van der Waals surface area contributed by atoms with Crippen LogP contribution >= 0.6 is 11.6 Å². The van der Waals surface area contributed by atoms with Gasteiger partial charge in [0.1, 0.15) is 0 Å². The molecule has 8 heteroatoms. The molecule has 2 rings (SSSR count). The summed E-state index contributed by atoms with van der Waals surface area (Å²) in [4.78, 5) is 17.1. The summed E-state index contributed by atoms with van der Waals surface area (Å²) in [5.41, 5.74) is 1.63. The zero-order valence-corrected chi connectivity index (χ0v) is 15.0. The minimum Gasteiger partial charge on any atom is -0.322 e. The smallest absolute Gasteiger partial charge is 0.264 e. The van der Waals surface area contributed by atoms with E-state index in [-0.39, 0.29) is 10.5 Å². The Morgan fingerprint density at radius 3 is 2.54 bits per heavy atom. The maximum Gasteiger partial charge on any atom is 0.264 e.